The van der Waals surface area contributed by atoms with E-state index in [1.165, 1.54) is 12.7 Å². The number of H-pyrrole nitrogens is 1. The van der Waals surface area contributed by atoms with E-state index in [1.54, 1.807) is 21.8 Å². The molecule has 14 N–H and O–H groups in total. The maximum Gasteiger partial charge on any atom is 4.00 e. The summed E-state index contributed by atoms with van der Waals surface area (Å²) in [6.07, 6.45) is 6.23. The monoisotopic (exact) mass is 687 g/mol. The Hall–Kier alpha value is -4.37. The minimum Gasteiger partial charge on any atom is -0.412 e. The minimum absolute atomic E-state index is 0. The van der Waals surface area contributed by atoms with E-state index >= 15 is 0 Å². The van der Waals surface area contributed by atoms with Crippen molar-refractivity contribution in [3.63, 3.8) is 0 Å². The topological polar surface area (TPSA) is 405 Å². The van der Waals surface area contributed by atoms with Gasteiger partial charge in [0, 0.05) is 14.1 Å². The molecule has 0 radical (unpaired) electrons. The molecule has 4 rings (SSSR count). The first-order valence-electron chi connectivity index (χ1n) is 7.44. The maximum absolute atomic E-state index is 8.25. The number of aryl methyl sites for hydroxylation is 2. The molecule has 0 saturated heterocycles. The third-order valence-corrected chi connectivity index (χ3v) is 3.06. The molecule has 0 aromatic carbocycles. The van der Waals surface area contributed by atoms with Gasteiger partial charge in [0.05, 0.1) is 29.2 Å². The molecule has 0 saturated carbocycles. The molecular formula is C12H24N14O8Pt+2. The number of anilines is 1. The first-order chi connectivity index (χ1) is 14.0. The Kier molecular flexibility index (Phi) is 22.4. The van der Waals surface area contributed by atoms with E-state index in [1.807, 2.05) is 14.1 Å². The van der Waals surface area contributed by atoms with Crippen LogP contribution in [-0.2, 0) is 35.2 Å². The fourth-order valence-corrected chi connectivity index (χ4v) is 1.94. The van der Waals surface area contributed by atoms with Gasteiger partial charge < -0.3 is 73.7 Å². The quantitative estimate of drug-likeness (QED) is 0.0978. The second-order valence-electron chi connectivity index (χ2n) is 5.04. The van der Waals surface area contributed by atoms with Crippen LogP contribution in [0.25, 0.3) is 22.3 Å². The predicted molar refractivity (Wildman–Crippen MR) is 117 cm³/mol. The number of imidazole rings is 2. The third-order valence-electron chi connectivity index (χ3n) is 3.06. The van der Waals surface area contributed by atoms with Crippen molar-refractivity contribution in [2.45, 2.75) is 0 Å². The molecular weight excluding hydrogens is 663 g/mol. The van der Waals surface area contributed by atoms with Crippen LogP contribution in [0.15, 0.2) is 25.3 Å². The third kappa shape index (κ3) is 13.1. The molecule has 22 nitrogen and oxygen atoms in total. The molecule has 0 atom stereocenters. The SMILES string of the molecule is Cn1cnc2c(=N)[nH]cnc21.Cn1cnc2c(N)ncnc21.N.N.O.O.O=[N+]([O-])[O-].O=[N+]([O-])[O-].[Pt+4]. The predicted octanol–water partition coefficient (Wildman–Crippen LogP) is -2.08. The van der Waals surface area contributed by atoms with Crippen LogP contribution in [0.2, 0.25) is 0 Å². The first-order valence-corrected chi connectivity index (χ1v) is 7.44. The zero-order valence-corrected chi connectivity index (χ0v) is 20.4. The molecule has 4 aromatic rings. The summed E-state index contributed by atoms with van der Waals surface area (Å²) in [6, 6.07) is 0. The van der Waals surface area contributed by atoms with Gasteiger partial charge in [-0.25, -0.2) is 24.9 Å². The number of nitrogens with zero attached hydrogens (tertiary/aromatic N) is 9. The molecule has 4 heterocycles. The Morgan fingerprint density at radius 2 is 1.26 bits per heavy atom. The van der Waals surface area contributed by atoms with E-state index in [9.17, 15) is 0 Å². The normalized spacial score (nSPS) is 8.06. The van der Waals surface area contributed by atoms with E-state index < -0.39 is 10.2 Å². The summed E-state index contributed by atoms with van der Waals surface area (Å²) in [5.74, 6) is 0.426. The molecule has 0 spiro atoms. The van der Waals surface area contributed by atoms with Crippen LogP contribution in [0.3, 0.4) is 0 Å². The summed E-state index contributed by atoms with van der Waals surface area (Å²) in [4.78, 5) is 39.0. The minimum atomic E-state index is -1.75. The van der Waals surface area contributed by atoms with Crippen molar-refractivity contribution in [2.24, 2.45) is 14.1 Å². The zero-order chi connectivity index (χ0) is 22.8. The zero-order valence-electron chi connectivity index (χ0n) is 18.1. The Bertz CT molecular complexity index is 1190. The van der Waals surface area contributed by atoms with Gasteiger partial charge in [0.1, 0.15) is 17.4 Å². The van der Waals surface area contributed by atoms with Gasteiger partial charge in [-0.15, -0.1) is 0 Å². The number of rotatable bonds is 0. The van der Waals surface area contributed by atoms with Crippen molar-refractivity contribution in [1.29, 1.82) is 5.41 Å². The number of aromatic amines is 1. The second-order valence-corrected chi connectivity index (χ2v) is 5.04. The summed E-state index contributed by atoms with van der Waals surface area (Å²) < 4.78 is 3.58. The molecule has 198 valence electrons. The molecule has 0 aliphatic heterocycles. The van der Waals surface area contributed by atoms with Gasteiger partial charge in [-0.1, -0.05) is 0 Å². The Morgan fingerprint density at radius 3 is 1.66 bits per heavy atom. The number of aromatic nitrogens is 8. The van der Waals surface area contributed by atoms with Crippen LogP contribution >= 0.6 is 0 Å². The first kappa shape index (κ1) is 40.9. The Morgan fingerprint density at radius 1 is 0.857 bits per heavy atom. The number of hydrogen-bond acceptors (Lipinski definition) is 15. The molecule has 0 unspecified atom stereocenters. The number of hydrogen-bond donors (Lipinski definition) is 5. The fourth-order valence-electron chi connectivity index (χ4n) is 1.94. The maximum atomic E-state index is 8.25. The fraction of sp³-hybridized carbons (Fsp3) is 0.167. The van der Waals surface area contributed by atoms with Gasteiger partial charge in [0.15, 0.2) is 22.6 Å². The average Bonchev–Trinajstić information content (AvgIpc) is 3.20. The molecule has 0 bridgehead atoms. The Labute approximate surface area is 208 Å². The van der Waals surface area contributed by atoms with E-state index in [0.29, 0.717) is 22.3 Å². The number of nitrogens with two attached hydrogens (primary N) is 1. The van der Waals surface area contributed by atoms with Crippen molar-refractivity contribution in [2.75, 3.05) is 5.73 Å². The molecule has 0 amide bonds. The van der Waals surface area contributed by atoms with E-state index in [2.05, 4.69) is 29.9 Å². The molecule has 35 heavy (non-hydrogen) atoms. The Balaban J connectivity index is -0.000000119. The summed E-state index contributed by atoms with van der Waals surface area (Å²) in [5.41, 5.74) is 8.60. The van der Waals surface area contributed by atoms with Crippen molar-refractivity contribution in [3.8, 4) is 0 Å². The van der Waals surface area contributed by atoms with E-state index in [4.69, 9.17) is 41.8 Å². The standard InChI is InChI=1S/2C6H7N5.2NO3.2H3N.2H2O.Pt/c2*1-11-3-10-4-5(7)8-2-9-6(4)11;2*2-1(3)4;;;;;/h2*2-3H,1H3,(H2,7,8,9);;;2*1H3;2*1H2;/q;;2*-1;;;;;+4. The molecule has 23 heteroatoms. The molecule has 0 aliphatic rings. The van der Waals surface area contributed by atoms with Gasteiger partial charge in [-0.05, 0) is 0 Å². The van der Waals surface area contributed by atoms with Crippen LogP contribution in [0, 0.1) is 36.1 Å². The second kappa shape index (κ2) is 19.1. The van der Waals surface area contributed by atoms with Gasteiger partial charge in [0.25, 0.3) is 0 Å². The molecule has 4 aromatic heterocycles. The molecule has 0 aliphatic carbocycles. The van der Waals surface area contributed by atoms with Crippen LogP contribution < -0.4 is 23.5 Å². The summed E-state index contributed by atoms with van der Waals surface area (Å²) in [6.45, 7) is 0. The number of nitrogens with one attached hydrogen (secondary N) is 2. The van der Waals surface area contributed by atoms with Gasteiger partial charge in [0.2, 0.25) is 0 Å². The van der Waals surface area contributed by atoms with Crippen LogP contribution in [0.5, 0.6) is 0 Å². The van der Waals surface area contributed by atoms with E-state index in [-0.39, 0.29) is 44.3 Å². The smallest absolute Gasteiger partial charge is 0.412 e. The van der Waals surface area contributed by atoms with Crippen molar-refractivity contribution >= 4 is 28.1 Å². The summed E-state index contributed by atoms with van der Waals surface area (Å²) in [5, 5.41) is 36.9. The van der Waals surface area contributed by atoms with Crippen LogP contribution in [-0.4, -0.2) is 60.2 Å². The van der Waals surface area contributed by atoms with E-state index in [0.717, 1.165) is 11.3 Å². The van der Waals surface area contributed by atoms with Crippen LogP contribution in [0.4, 0.5) is 5.82 Å². The van der Waals surface area contributed by atoms with Gasteiger partial charge in [-0.3, -0.25) is 5.41 Å². The number of fused-ring (bicyclic) bond motifs is 2. The average molecular weight is 687 g/mol. The van der Waals surface area contributed by atoms with Gasteiger partial charge in [-0.2, -0.15) is 0 Å². The summed E-state index contributed by atoms with van der Waals surface area (Å²) in [7, 11) is 3.71. The molecule has 0 fully saturated rings. The van der Waals surface area contributed by atoms with Crippen molar-refractivity contribution in [3.05, 3.63) is 61.4 Å². The summed E-state index contributed by atoms with van der Waals surface area (Å²) >= 11 is 0. The largest absolute Gasteiger partial charge is 4.00 e. The number of nitrogen functional groups attached to an aromatic ring is 1. The van der Waals surface area contributed by atoms with Crippen LogP contribution in [0.1, 0.15) is 0 Å². The van der Waals surface area contributed by atoms with Crippen molar-refractivity contribution in [1.82, 2.24) is 51.3 Å². The van der Waals surface area contributed by atoms with Gasteiger partial charge >= 0.3 is 21.1 Å². The van der Waals surface area contributed by atoms with Crippen molar-refractivity contribution < 1.29 is 42.2 Å².